The van der Waals surface area contributed by atoms with E-state index < -0.39 is 17.5 Å². The van der Waals surface area contributed by atoms with Gasteiger partial charge in [0, 0.05) is 12.5 Å². The first-order valence-electron chi connectivity index (χ1n) is 8.74. The van der Waals surface area contributed by atoms with Gasteiger partial charge in [0.2, 0.25) is 11.7 Å². The monoisotopic (exact) mass is 366 g/mol. The van der Waals surface area contributed by atoms with E-state index >= 15 is 0 Å². The van der Waals surface area contributed by atoms with Gasteiger partial charge in [-0.3, -0.25) is 14.9 Å². The van der Waals surface area contributed by atoms with Crippen LogP contribution in [0.2, 0.25) is 0 Å². The number of nitrogens with zero attached hydrogens (tertiary/aromatic N) is 1. The average molecular weight is 366 g/mol. The summed E-state index contributed by atoms with van der Waals surface area (Å²) >= 11 is 0. The van der Waals surface area contributed by atoms with Crippen LogP contribution in [0.15, 0.2) is 6.07 Å². The molecule has 1 N–H and O–H groups in total. The molecule has 0 spiro atoms. The Hall–Kier alpha value is -2.64. The molecular formula is C18H26N2O6. The molecule has 0 radical (unpaired) electrons. The second-order valence-electron chi connectivity index (χ2n) is 5.77. The Kier molecular flexibility index (Phi) is 8.54. The number of ether oxygens (including phenoxy) is 2. The second kappa shape index (κ2) is 10.4. The molecule has 0 bridgehead atoms. The van der Waals surface area contributed by atoms with Crippen LogP contribution in [0.3, 0.4) is 0 Å². The lowest BCUT2D eigenvalue weighted by molar-refractivity contribution is -0.386. The zero-order valence-electron chi connectivity index (χ0n) is 15.7. The van der Waals surface area contributed by atoms with Crippen molar-refractivity contribution in [2.24, 2.45) is 0 Å². The van der Waals surface area contributed by atoms with Crippen molar-refractivity contribution in [3.8, 4) is 5.75 Å². The Morgan fingerprint density at radius 1 is 1.19 bits per heavy atom. The lowest BCUT2D eigenvalue weighted by atomic mass is 9.98. The quantitative estimate of drug-likeness (QED) is 0.386. The summed E-state index contributed by atoms with van der Waals surface area (Å²) in [7, 11) is 0. The molecule has 0 atom stereocenters. The number of amides is 1. The van der Waals surface area contributed by atoms with Crippen molar-refractivity contribution in [1.82, 2.24) is 0 Å². The number of carbonyl (C=O) groups excluding carboxylic acids is 2. The lowest BCUT2D eigenvalue weighted by Gasteiger charge is -2.17. The van der Waals surface area contributed by atoms with Crippen molar-refractivity contribution in [2.75, 3.05) is 18.5 Å². The maximum atomic E-state index is 11.8. The predicted molar refractivity (Wildman–Crippen MR) is 97.5 cm³/mol. The predicted octanol–water partition coefficient (Wildman–Crippen LogP) is 3.40. The first-order chi connectivity index (χ1) is 12.3. The van der Waals surface area contributed by atoms with E-state index in [0.29, 0.717) is 36.1 Å². The fraction of sp³-hybridized carbons (Fsp3) is 0.556. The molecule has 0 saturated heterocycles. The Morgan fingerprint density at radius 3 is 2.35 bits per heavy atom. The van der Waals surface area contributed by atoms with E-state index in [2.05, 4.69) is 5.32 Å². The summed E-state index contributed by atoms with van der Waals surface area (Å²) < 4.78 is 10.3. The molecule has 0 aliphatic heterocycles. The lowest BCUT2D eigenvalue weighted by Crippen LogP contribution is -2.17. The molecular weight excluding hydrogens is 340 g/mol. The second-order valence-corrected chi connectivity index (χ2v) is 5.77. The maximum Gasteiger partial charge on any atom is 0.344 e. The largest absolute Gasteiger partial charge is 0.475 e. The molecule has 0 fully saturated rings. The molecule has 8 nitrogen and oxygen atoms in total. The van der Waals surface area contributed by atoms with Gasteiger partial charge in [0.1, 0.15) is 0 Å². The van der Waals surface area contributed by atoms with Gasteiger partial charge in [-0.1, -0.05) is 26.7 Å². The van der Waals surface area contributed by atoms with Gasteiger partial charge in [-0.2, -0.15) is 0 Å². The molecule has 1 aromatic rings. The van der Waals surface area contributed by atoms with Crippen LogP contribution in [0.1, 0.15) is 51.7 Å². The van der Waals surface area contributed by atoms with Gasteiger partial charge < -0.3 is 14.8 Å². The number of hydrogen-bond acceptors (Lipinski definition) is 6. The summed E-state index contributed by atoms with van der Waals surface area (Å²) in [5.41, 5.74) is 1.18. The number of esters is 1. The molecule has 144 valence electrons. The van der Waals surface area contributed by atoms with Crippen molar-refractivity contribution >= 4 is 23.3 Å². The molecule has 0 saturated carbocycles. The fourth-order valence-electron chi connectivity index (χ4n) is 2.69. The van der Waals surface area contributed by atoms with Gasteiger partial charge in [0.25, 0.3) is 0 Å². The van der Waals surface area contributed by atoms with E-state index in [1.807, 2.05) is 13.8 Å². The summed E-state index contributed by atoms with van der Waals surface area (Å²) in [6.45, 7) is 6.64. The Morgan fingerprint density at radius 2 is 1.85 bits per heavy atom. The van der Waals surface area contributed by atoms with Crippen LogP contribution in [-0.2, 0) is 27.2 Å². The number of hydrogen-bond donors (Lipinski definition) is 1. The van der Waals surface area contributed by atoms with Gasteiger partial charge >= 0.3 is 11.7 Å². The number of aryl methyl sites for hydroxylation is 1. The topological polar surface area (TPSA) is 108 Å². The Balaban J connectivity index is 3.50. The Labute approximate surface area is 153 Å². The van der Waals surface area contributed by atoms with E-state index in [-0.39, 0.29) is 24.0 Å². The molecule has 0 aliphatic rings. The van der Waals surface area contributed by atoms with Gasteiger partial charge in [0.15, 0.2) is 6.61 Å². The molecule has 8 heteroatoms. The van der Waals surface area contributed by atoms with Crippen molar-refractivity contribution in [1.29, 1.82) is 0 Å². The normalized spacial score (nSPS) is 10.3. The zero-order chi connectivity index (χ0) is 19.7. The van der Waals surface area contributed by atoms with Gasteiger partial charge in [0.05, 0.1) is 22.8 Å². The number of nitro groups is 1. The summed E-state index contributed by atoms with van der Waals surface area (Å²) in [5, 5.41) is 14.5. The minimum absolute atomic E-state index is 0.0717. The molecule has 1 aromatic carbocycles. The fourth-order valence-corrected chi connectivity index (χ4v) is 2.69. The van der Waals surface area contributed by atoms with Crippen LogP contribution < -0.4 is 10.1 Å². The molecule has 1 rings (SSSR count). The molecule has 0 heterocycles. The minimum atomic E-state index is -0.591. The summed E-state index contributed by atoms with van der Waals surface area (Å²) in [5.74, 6) is -0.825. The summed E-state index contributed by atoms with van der Waals surface area (Å²) in [4.78, 5) is 34.4. The van der Waals surface area contributed by atoms with Crippen LogP contribution in [0.5, 0.6) is 5.75 Å². The number of nitro benzene ring substituents is 1. The van der Waals surface area contributed by atoms with Crippen molar-refractivity contribution < 1.29 is 24.0 Å². The average Bonchev–Trinajstić information content (AvgIpc) is 2.55. The molecule has 0 aliphatic carbocycles. The van der Waals surface area contributed by atoms with Crippen LogP contribution >= 0.6 is 0 Å². The zero-order valence-corrected chi connectivity index (χ0v) is 15.7. The summed E-state index contributed by atoms with van der Waals surface area (Å²) in [6.07, 6.45) is 2.28. The SMILES string of the molecule is CCCc1cc(NC(C)=O)c(CCC)c([N+](=O)[O-])c1OCC(=O)OCC. The van der Waals surface area contributed by atoms with E-state index in [1.54, 1.807) is 13.0 Å². The van der Waals surface area contributed by atoms with Crippen molar-refractivity contribution in [3.63, 3.8) is 0 Å². The third-order valence-electron chi connectivity index (χ3n) is 3.59. The third-order valence-corrected chi connectivity index (χ3v) is 3.59. The van der Waals surface area contributed by atoms with E-state index in [9.17, 15) is 19.7 Å². The van der Waals surface area contributed by atoms with E-state index in [4.69, 9.17) is 9.47 Å². The highest BCUT2D eigenvalue weighted by Crippen LogP contribution is 2.41. The van der Waals surface area contributed by atoms with Crippen LogP contribution in [0.25, 0.3) is 0 Å². The van der Waals surface area contributed by atoms with Gasteiger partial charge in [-0.25, -0.2) is 4.79 Å². The van der Waals surface area contributed by atoms with Crippen LogP contribution in [-0.4, -0.2) is 30.0 Å². The smallest absolute Gasteiger partial charge is 0.344 e. The van der Waals surface area contributed by atoms with Gasteiger partial charge in [-0.15, -0.1) is 0 Å². The van der Waals surface area contributed by atoms with Crippen molar-refractivity contribution in [3.05, 3.63) is 27.3 Å². The number of carbonyl (C=O) groups is 2. The minimum Gasteiger partial charge on any atom is -0.475 e. The molecule has 0 unspecified atom stereocenters. The molecule has 0 aromatic heterocycles. The van der Waals surface area contributed by atoms with Crippen LogP contribution in [0, 0.1) is 10.1 Å². The standard InChI is InChI=1S/C18H26N2O6/c1-5-8-13-10-15(19-12(4)21)14(9-6-2)17(20(23)24)18(13)26-11-16(22)25-7-3/h10H,5-9,11H2,1-4H3,(H,19,21). The number of anilines is 1. The third kappa shape index (κ3) is 5.72. The van der Waals surface area contributed by atoms with Crippen LogP contribution in [0.4, 0.5) is 11.4 Å². The number of benzene rings is 1. The van der Waals surface area contributed by atoms with E-state index in [1.165, 1.54) is 6.92 Å². The van der Waals surface area contributed by atoms with Crippen molar-refractivity contribution in [2.45, 2.75) is 53.4 Å². The number of rotatable bonds is 10. The molecule has 1 amide bonds. The first-order valence-corrected chi connectivity index (χ1v) is 8.74. The Bertz CT molecular complexity index is 672. The van der Waals surface area contributed by atoms with E-state index in [0.717, 1.165) is 6.42 Å². The summed E-state index contributed by atoms with van der Waals surface area (Å²) in [6, 6.07) is 1.70. The highest BCUT2D eigenvalue weighted by atomic mass is 16.6. The molecule has 26 heavy (non-hydrogen) atoms. The highest BCUT2D eigenvalue weighted by Gasteiger charge is 2.28. The maximum absolute atomic E-state index is 11.8. The first kappa shape index (κ1) is 21.4. The number of nitrogens with one attached hydrogen (secondary N) is 1. The van der Waals surface area contributed by atoms with Gasteiger partial charge in [-0.05, 0) is 25.8 Å². The highest BCUT2D eigenvalue weighted by molar-refractivity contribution is 5.91.